The molecule has 0 aliphatic rings. The molecule has 2 rings (SSSR count). The summed E-state index contributed by atoms with van der Waals surface area (Å²) in [6.07, 6.45) is -4.80. The number of amides is 2. The number of ether oxygens (including phenoxy) is 1. The number of nitrogens with one attached hydrogen (secondary N) is 2. The molecule has 0 unspecified atom stereocenters. The summed E-state index contributed by atoms with van der Waals surface area (Å²) in [5.41, 5.74) is 6.73. The summed E-state index contributed by atoms with van der Waals surface area (Å²) < 4.78 is 40.3. The van der Waals surface area contributed by atoms with Crippen LogP contribution in [0.15, 0.2) is 48.5 Å². The number of carbonyl (C=O) groups is 1. The van der Waals surface area contributed by atoms with Crippen LogP contribution in [0.3, 0.4) is 0 Å². The Morgan fingerprint density at radius 1 is 1.04 bits per heavy atom. The van der Waals surface area contributed by atoms with E-state index in [0.29, 0.717) is 11.3 Å². The normalized spacial score (nSPS) is 10.8. The highest BCUT2D eigenvalue weighted by Crippen LogP contribution is 2.25. The minimum Gasteiger partial charge on any atom is -0.406 e. The molecule has 0 aliphatic heterocycles. The lowest BCUT2D eigenvalue weighted by molar-refractivity contribution is -0.274. The third kappa shape index (κ3) is 5.43. The minimum atomic E-state index is -4.80. The van der Waals surface area contributed by atoms with Gasteiger partial charge in [0, 0.05) is 23.0 Å². The molecular formula is C15H12F3N3O2S. The van der Waals surface area contributed by atoms with E-state index in [1.165, 1.54) is 12.1 Å². The molecule has 4 N–H and O–H groups in total. The van der Waals surface area contributed by atoms with Crippen LogP contribution >= 0.6 is 12.2 Å². The maximum atomic E-state index is 12.2. The lowest BCUT2D eigenvalue weighted by atomic mass is 10.2. The fourth-order valence-electron chi connectivity index (χ4n) is 1.78. The summed E-state index contributed by atoms with van der Waals surface area (Å²) in [4.78, 5) is 12.1. The van der Waals surface area contributed by atoms with E-state index in [1.807, 2.05) is 0 Å². The van der Waals surface area contributed by atoms with E-state index in [2.05, 4.69) is 15.4 Å². The van der Waals surface area contributed by atoms with Crippen LogP contribution in [-0.2, 0) is 0 Å². The van der Waals surface area contributed by atoms with Crippen molar-refractivity contribution in [3.05, 3.63) is 54.1 Å². The Hall–Kier alpha value is -2.81. The van der Waals surface area contributed by atoms with Crippen LogP contribution < -0.4 is 21.1 Å². The number of nitrogens with two attached hydrogens (primary N) is 1. The number of hydrogen-bond acceptors (Lipinski definition) is 3. The molecule has 5 nitrogen and oxygen atoms in total. The van der Waals surface area contributed by atoms with Crippen molar-refractivity contribution in [3.8, 4) is 5.75 Å². The van der Waals surface area contributed by atoms with Gasteiger partial charge in [0.15, 0.2) is 0 Å². The standard InChI is InChI=1S/C15H12F3N3O2S/c16-15(17,18)23-12-3-1-2-11(8-12)21-14(22)20-10-6-4-9(5-7-10)13(19)24/h1-8H,(H2,19,24)(H2,20,21,22). The van der Waals surface area contributed by atoms with Crippen molar-refractivity contribution in [2.45, 2.75) is 6.36 Å². The lowest BCUT2D eigenvalue weighted by Gasteiger charge is -2.11. The number of carbonyl (C=O) groups excluding carboxylic acids is 1. The number of benzene rings is 2. The van der Waals surface area contributed by atoms with E-state index in [9.17, 15) is 18.0 Å². The van der Waals surface area contributed by atoms with Gasteiger partial charge in [0.05, 0.1) is 0 Å². The molecule has 0 bridgehead atoms. The van der Waals surface area contributed by atoms with Crippen LogP contribution in [0.5, 0.6) is 5.75 Å². The van der Waals surface area contributed by atoms with E-state index < -0.39 is 18.1 Å². The average molecular weight is 355 g/mol. The SMILES string of the molecule is NC(=S)c1ccc(NC(=O)Nc2cccc(OC(F)(F)F)c2)cc1. The van der Waals surface area contributed by atoms with E-state index in [0.717, 1.165) is 12.1 Å². The summed E-state index contributed by atoms with van der Waals surface area (Å²) in [6.45, 7) is 0. The summed E-state index contributed by atoms with van der Waals surface area (Å²) in [5, 5.41) is 4.93. The monoisotopic (exact) mass is 355 g/mol. The molecule has 2 amide bonds. The number of rotatable bonds is 4. The van der Waals surface area contributed by atoms with Gasteiger partial charge in [0.2, 0.25) is 0 Å². The van der Waals surface area contributed by atoms with Crippen molar-refractivity contribution in [2.24, 2.45) is 5.73 Å². The smallest absolute Gasteiger partial charge is 0.406 e. The lowest BCUT2D eigenvalue weighted by Crippen LogP contribution is -2.20. The highest BCUT2D eigenvalue weighted by atomic mass is 32.1. The first-order valence-corrected chi connectivity index (χ1v) is 6.97. The Kier molecular flexibility index (Phi) is 5.24. The summed E-state index contributed by atoms with van der Waals surface area (Å²) >= 11 is 4.82. The van der Waals surface area contributed by atoms with Gasteiger partial charge < -0.3 is 21.1 Å². The molecule has 2 aromatic rings. The van der Waals surface area contributed by atoms with Crippen LogP contribution in [0.2, 0.25) is 0 Å². The van der Waals surface area contributed by atoms with Crippen molar-refractivity contribution in [3.63, 3.8) is 0 Å². The zero-order chi connectivity index (χ0) is 17.7. The first kappa shape index (κ1) is 17.5. The number of thiocarbonyl (C=S) groups is 1. The van der Waals surface area contributed by atoms with Crippen molar-refractivity contribution < 1.29 is 22.7 Å². The summed E-state index contributed by atoms with van der Waals surface area (Å²) in [6, 6.07) is 10.8. The molecule has 0 atom stereocenters. The number of halogens is 3. The second-order valence-corrected chi connectivity index (χ2v) is 5.04. The fraction of sp³-hybridized carbons (Fsp3) is 0.0667. The molecule has 126 valence electrons. The van der Waals surface area contributed by atoms with Gasteiger partial charge in [0.1, 0.15) is 10.7 Å². The van der Waals surface area contributed by atoms with Gasteiger partial charge in [-0.3, -0.25) is 0 Å². The molecule has 0 radical (unpaired) electrons. The molecule has 0 spiro atoms. The van der Waals surface area contributed by atoms with Crippen molar-refractivity contribution in [2.75, 3.05) is 10.6 Å². The van der Waals surface area contributed by atoms with E-state index >= 15 is 0 Å². The third-order valence-corrected chi connectivity index (χ3v) is 2.99. The van der Waals surface area contributed by atoms with Gasteiger partial charge in [-0.2, -0.15) is 0 Å². The molecule has 0 saturated carbocycles. The van der Waals surface area contributed by atoms with E-state index in [-0.39, 0.29) is 10.7 Å². The molecule has 0 fully saturated rings. The van der Waals surface area contributed by atoms with Gasteiger partial charge in [0.25, 0.3) is 0 Å². The number of alkyl halides is 3. The Labute approximate surface area is 140 Å². The van der Waals surface area contributed by atoms with Crippen molar-refractivity contribution in [1.82, 2.24) is 0 Å². The predicted octanol–water partition coefficient (Wildman–Crippen LogP) is 3.86. The molecule has 2 aromatic carbocycles. The van der Waals surface area contributed by atoms with E-state index in [1.54, 1.807) is 24.3 Å². The largest absolute Gasteiger partial charge is 0.573 e. The predicted molar refractivity (Wildman–Crippen MR) is 88.1 cm³/mol. The van der Waals surface area contributed by atoms with Gasteiger partial charge in [-0.1, -0.05) is 18.3 Å². The highest BCUT2D eigenvalue weighted by Gasteiger charge is 2.31. The molecule has 0 aliphatic carbocycles. The van der Waals surface area contributed by atoms with Gasteiger partial charge >= 0.3 is 12.4 Å². The van der Waals surface area contributed by atoms with Crippen LogP contribution in [0.1, 0.15) is 5.56 Å². The second-order valence-electron chi connectivity index (χ2n) is 4.60. The number of anilines is 2. The van der Waals surface area contributed by atoms with Crippen LogP contribution in [0.25, 0.3) is 0 Å². The van der Waals surface area contributed by atoms with Gasteiger partial charge in [-0.05, 0) is 36.4 Å². The maximum Gasteiger partial charge on any atom is 0.573 e. The fourth-order valence-corrected chi connectivity index (χ4v) is 1.92. The molecule has 0 heterocycles. The van der Waals surface area contributed by atoms with Crippen molar-refractivity contribution >= 4 is 34.6 Å². The summed E-state index contributed by atoms with van der Waals surface area (Å²) in [5.74, 6) is -0.430. The Bertz CT molecular complexity index is 748. The van der Waals surface area contributed by atoms with Crippen LogP contribution in [0.4, 0.5) is 29.3 Å². The Morgan fingerprint density at radius 2 is 1.67 bits per heavy atom. The topological polar surface area (TPSA) is 76.4 Å². The second kappa shape index (κ2) is 7.18. The zero-order valence-corrected chi connectivity index (χ0v) is 12.9. The van der Waals surface area contributed by atoms with E-state index in [4.69, 9.17) is 18.0 Å². The quantitative estimate of drug-likeness (QED) is 0.728. The van der Waals surface area contributed by atoms with Crippen LogP contribution in [-0.4, -0.2) is 17.4 Å². The highest BCUT2D eigenvalue weighted by molar-refractivity contribution is 7.80. The van der Waals surface area contributed by atoms with Gasteiger partial charge in [-0.15, -0.1) is 13.2 Å². The molecular weight excluding hydrogens is 343 g/mol. The minimum absolute atomic E-state index is 0.147. The maximum absolute atomic E-state index is 12.2. The first-order chi connectivity index (χ1) is 11.2. The summed E-state index contributed by atoms with van der Waals surface area (Å²) in [7, 11) is 0. The first-order valence-electron chi connectivity index (χ1n) is 6.56. The third-order valence-electron chi connectivity index (χ3n) is 2.75. The molecule has 9 heteroatoms. The Balaban J connectivity index is 1.99. The van der Waals surface area contributed by atoms with Gasteiger partial charge in [-0.25, -0.2) is 4.79 Å². The molecule has 0 aromatic heterocycles. The van der Waals surface area contributed by atoms with Crippen LogP contribution in [0, 0.1) is 0 Å². The van der Waals surface area contributed by atoms with Crippen molar-refractivity contribution in [1.29, 1.82) is 0 Å². The number of urea groups is 1. The zero-order valence-electron chi connectivity index (χ0n) is 12.1. The number of hydrogen-bond donors (Lipinski definition) is 3. The molecule has 24 heavy (non-hydrogen) atoms. The Morgan fingerprint density at radius 3 is 2.25 bits per heavy atom. The molecule has 0 saturated heterocycles. The average Bonchev–Trinajstić information content (AvgIpc) is 2.46.